The molecular weight excluding hydrogens is 201 g/mol. The second kappa shape index (κ2) is 3.87. The second-order valence-corrected chi connectivity index (χ2v) is 3.87. The molecule has 2 atom stereocenters. The van der Waals surface area contributed by atoms with Crippen LogP contribution < -0.4 is 5.73 Å². The molecule has 3 heteroatoms. The Morgan fingerprint density at radius 3 is 2.79 bits per heavy atom. The van der Waals surface area contributed by atoms with E-state index >= 15 is 0 Å². The SMILES string of the molecule is Cc1cccc([C@@]2(F)C[C@@H]2CN)c1.Cl. The van der Waals surface area contributed by atoms with E-state index in [1.54, 1.807) is 0 Å². The molecule has 0 bridgehead atoms. The minimum absolute atomic E-state index is 0. The molecule has 0 amide bonds. The van der Waals surface area contributed by atoms with Gasteiger partial charge in [0.05, 0.1) is 0 Å². The van der Waals surface area contributed by atoms with E-state index in [2.05, 4.69) is 0 Å². The summed E-state index contributed by atoms with van der Waals surface area (Å²) >= 11 is 0. The van der Waals surface area contributed by atoms with E-state index in [4.69, 9.17) is 5.73 Å². The molecule has 0 radical (unpaired) electrons. The van der Waals surface area contributed by atoms with E-state index in [1.165, 1.54) is 0 Å². The predicted molar refractivity (Wildman–Crippen MR) is 58.4 cm³/mol. The largest absolute Gasteiger partial charge is 0.330 e. The molecule has 0 aliphatic heterocycles. The summed E-state index contributed by atoms with van der Waals surface area (Å²) in [6.45, 7) is 2.43. The summed E-state index contributed by atoms with van der Waals surface area (Å²) in [6, 6.07) is 7.64. The first-order valence-electron chi connectivity index (χ1n) is 4.63. The fourth-order valence-corrected chi connectivity index (χ4v) is 1.83. The van der Waals surface area contributed by atoms with Gasteiger partial charge in [0.25, 0.3) is 0 Å². The standard InChI is InChI=1S/C11H14FN.ClH/c1-8-3-2-4-9(5-8)11(12)6-10(11)7-13;/h2-5,10H,6-7,13H2,1H3;1H/t10-,11+;/m1./s1. The Morgan fingerprint density at radius 1 is 1.57 bits per heavy atom. The van der Waals surface area contributed by atoms with Gasteiger partial charge in [-0.3, -0.25) is 0 Å². The van der Waals surface area contributed by atoms with Crippen molar-refractivity contribution in [3.63, 3.8) is 0 Å². The van der Waals surface area contributed by atoms with Crippen molar-refractivity contribution in [3.8, 4) is 0 Å². The van der Waals surface area contributed by atoms with E-state index in [-0.39, 0.29) is 18.3 Å². The number of aryl methyl sites for hydroxylation is 1. The number of rotatable bonds is 2. The van der Waals surface area contributed by atoms with Crippen LogP contribution in [0.25, 0.3) is 0 Å². The van der Waals surface area contributed by atoms with Gasteiger partial charge in [-0.15, -0.1) is 12.4 Å². The zero-order chi connectivity index (χ0) is 9.47. The van der Waals surface area contributed by atoms with Gasteiger partial charge in [0, 0.05) is 5.92 Å². The molecule has 0 heterocycles. The first-order valence-corrected chi connectivity index (χ1v) is 4.63. The number of halogens is 2. The molecule has 2 rings (SSSR count). The highest BCUT2D eigenvalue weighted by atomic mass is 35.5. The summed E-state index contributed by atoms with van der Waals surface area (Å²) < 4.78 is 14.0. The summed E-state index contributed by atoms with van der Waals surface area (Å²) in [5.74, 6) is 0.0364. The third kappa shape index (κ3) is 1.77. The third-order valence-corrected chi connectivity index (χ3v) is 2.81. The van der Waals surface area contributed by atoms with Crippen molar-refractivity contribution in [3.05, 3.63) is 35.4 Å². The fourth-order valence-electron chi connectivity index (χ4n) is 1.83. The van der Waals surface area contributed by atoms with Crippen molar-refractivity contribution >= 4 is 12.4 Å². The number of hydrogen-bond donors (Lipinski definition) is 1. The molecule has 1 aromatic rings. The van der Waals surface area contributed by atoms with E-state index in [0.717, 1.165) is 11.1 Å². The number of hydrogen-bond acceptors (Lipinski definition) is 1. The van der Waals surface area contributed by atoms with Crippen LogP contribution in [0.1, 0.15) is 17.5 Å². The van der Waals surface area contributed by atoms with Crippen LogP contribution in [0.4, 0.5) is 4.39 Å². The van der Waals surface area contributed by atoms with Crippen LogP contribution in [0.3, 0.4) is 0 Å². The maximum Gasteiger partial charge on any atom is 0.140 e. The van der Waals surface area contributed by atoms with E-state index in [0.29, 0.717) is 13.0 Å². The Labute approximate surface area is 89.9 Å². The fraction of sp³-hybridized carbons (Fsp3) is 0.455. The monoisotopic (exact) mass is 215 g/mol. The zero-order valence-corrected chi connectivity index (χ0v) is 8.98. The highest BCUT2D eigenvalue weighted by molar-refractivity contribution is 5.85. The molecule has 1 saturated carbocycles. The summed E-state index contributed by atoms with van der Waals surface area (Å²) in [6.07, 6.45) is 0.590. The molecular formula is C11H15ClFN. The molecule has 1 nitrogen and oxygen atoms in total. The first kappa shape index (κ1) is 11.5. The van der Waals surface area contributed by atoms with Gasteiger partial charge in [-0.1, -0.05) is 29.8 Å². The van der Waals surface area contributed by atoms with Crippen LogP contribution >= 0.6 is 12.4 Å². The van der Waals surface area contributed by atoms with Crippen molar-refractivity contribution < 1.29 is 4.39 Å². The van der Waals surface area contributed by atoms with Gasteiger partial charge in [0.1, 0.15) is 5.67 Å². The summed E-state index contributed by atoms with van der Waals surface area (Å²) in [5.41, 5.74) is 6.22. The summed E-state index contributed by atoms with van der Waals surface area (Å²) in [4.78, 5) is 0. The minimum atomic E-state index is -1.12. The van der Waals surface area contributed by atoms with Crippen molar-refractivity contribution in [2.75, 3.05) is 6.54 Å². The van der Waals surface area contributed by atoms with Crippen LogP contribution in [0.2, 0.25) is 0 Å². The lowest BCUT2D eigenvalue weighted by atomic mass is 10.0. The Balaban J connectivity index is 0.000000980. The summed E-state index contributed by atoms with van der Waals surface area (Å²) in [7, 11) is 0. The van der Waals surface area contributed by atoms with Gasteiger partial charge in [-0.05, 0) is 25.5 Å². The number of alkyl halides is 1. The quantitative estimate of drug-likeness (QED) is 0.806. The Morgan fingerprint density at radius 2 is 2.29 bits per heavy atom. The molecule has 78 valence electrons. The van der Waals surface area contributed by atoms with E-state index in [9.17, 15) is 4.39 Å². The predicted octanol–water partition coefficient (Wildman–Crippen LogP) is 2.56. The Hall–Kier alpha value is -0.600. The summed E-state index contributed by atoms with van der Waals surface area (Å²) in [5, 5.41) is 0. The van der Waals surface area contributed by atoms with E-state index < -0.39 is 5.67 Å². The van der Waals surface area contributed by atoms with Gasteiger partial charge in [-0.25, -0.2) is 4.39 Å². The van der Waals surface area contributed by atoms with Gasteiger partial charge >= 0.3 is 0 Å². The van der Waals surface area contributed by atoms with Gasteiger partial charge in [0.2, 0.25) is 0 Å². The maximum absolute atomic E-state index is 14.0. The molecule has 0 saturated heterocycles. The topological polar surface area (TPSA) is 26.0 Å². The zero-order valence-electron chi connectivity index (χ0n) is 8.16. The van der Waals surface area contributed by atoms with Crippen LogP contribution in [-0.2, 0) is 5.67 Å². The average molecular weight is 216 g/mol. The van der Waals surface area contributed by atoms with Crippen LogP contribution in [0, 0.1) is 12.8 Å². The van der Waals surface area contributed by atoms with Crippen molar-refractivity contribution in [1.29, 1.82) is 0 Å². The molecule has 2 N–H and O–H groups in total. The highest BCUT2D eigenvalue weighted by Gasteiger charge is 2.55. The average Bonchev–Trinajstić information content (AvgIpc) is 2.79. The van der Waals surface area contributed by atoms with Gasteiger partial charge in [-0.2, -0.15) is 0 Å². The lowest BCUT2D eigenvalue weighted by Gasteiger charge is -2.07. The second-order valence-electron chi connectivity index (χ2n) is 3.87. The number of nitrogens with two attached hydrogens (primary N) is 1. The Bertz CT molecular complexity index is 329. The van der Waals surface area contributed by atoms with Crippen molar-refractivity contribution in [2.45, 2.75) is 19.0 Å². The molecule has 0 spiro atoms. The van der Waals surface area contributed by atoms with Crippen molar-refractivity contribution in [1.82, 2.24) is 0 Å². The third-order valence-electron chi connectivity index (χ3n) is 2.81. The smallest absolute Gasteiger partial charge is 0.140 e. The first-order chi connectivity index (χ1) is 6.16. The van der Waals surface area contributed by atoms with E-state index in [1.807, 2.05) is 31.2 Å². The molecule has 1 aliphatic carbocycles. The lowest BCUT2D eigenvalue weighted by molar-refractivity contribution is 0.288. The molecule has 0 aromatic heterocycles. The van der Waals surface area contributed by atoms with Crippen LogP contribution in [0.15, 0.2) is 24.3 Å². The number of benzene rings is 1. The van der Waals surface area contributed by atoms with Gasteiger partial charge in [0.15, 0.2) is 0 Å². The normalized spacial score (nSPS) is 29.5. The lowest BCUT2D eigenvalue weighted by Crippen LogP contribution is -2.10. The molecule has 0 unspecified atom stereocenters. The molecule has 1 aliphatic rings. The molecule has 1 fully saturated rings. The van der Waals surface area contributed by atoms with Crippen molar-refractivity contribution in [2.24, 2.45) is 11.7 Å². The maximum atomic E-state index is 14.0. The Kier molecular flexibility index (Phi) is 3.17. The van der Waals surface area contributed by atoms with Crippen LogP contribution in [-0.4, -0.2) is 6.54 Å². The molecule has 1 aromatic carbocycles. The van der Waals surface area contributed by atoms with Crippen LogP contribution in [0.5, 0.6) is 0 Å². The minimum Gasteiger partial charge on any atom is -0.330 e. The highest BCUT2D eigenvalue weighted by Crippen LogP contribution is 2.54. The molecule has 14 heavy (non-hydrogen) atoms. The van der Waals surface area contributed by atoms with Gasteiger partial charge < -0.3 is 5.73 Å².